The molecule has 6 heteroatoms. The van der Waals surface area contributed by atoms with E-state index in [4.69, 9.17) is 0 Å². The third-order valence-corrected chi connectivity index (χ3v) is 5.99. The maximum atomic E-state index is 12.2. The second-order valence-electron chi connectivity index (χ2n) is 5.95. The molecule has 1 N–H and O–H groups in total. The maximum absolute atomic E-state index is 12.2. The van der Waals surface area contributed by atoms with Crippen molar-refractivity contribution in [3.05, 3.63) is 65.7 Å². The molecule has 0 saturated heterocycles. The van der Waals surface area contributed by atoms with Crippen LogP contribution in [0.3, 0.4) is 0 Å². The Kier molecular flexibility index (Phi) is 8.71. The summed E-state index contributed by atoms with van der Waals surface area (Å²) < 4.78 is 12.2. The van der Waals surface area contributed by atoms with Gasteiger partial charge in [0.05, 0.1) is 0 Å². The van der Waals surface area contributed by atoms with Crippen LogP contribution in [0.25, 0.3) is 0 Å². The molecule has 1 unspecified atom stereocenters. The Morgan fingerprint density at radius 1 is 1.12 bits per heavy atom. The molecule has 0 spiro atoms. The molecule has 0 saturated carbocycles. The van der Waals surface area contributed by atoms with Crippen molar-refractivity contribution in [2.75, 3.05) is 32.6 Å². The van der Waals surface area contributed by atoms with Gasteiger partial charge in [0.2, 0.25) is 0 Å². The van der Waals surface area contributed by atoms with E-state index in [1.807, 2.05) is 37.4 Å². The van der Waals surface area contributed by atoms with Gasteiger partial charge in [0.25, 0.3) is 0 Å². The summed E-state index contributed by atoms with van der Waals surface area (Å²) in [6.07, 6.45) is 2.08. The fourth-order valence-corrected chi connectivity index (χ4v) is 4.02. The fourth-order valence-electron chi connectivity index (χ4n) is 2.57. The van der Waals surface area contributed by atoms with Crippen LogP contribution in [0.5, 0.6) is 0 Å². The lowest BCUT2D eigenvalue weighted by Gasteiger charge is -2.22. The highest BCUT2D eigenvalue weighted by atomic mass is 32.2. The zero-order valence-corrected chi connectivity index (χ0v) is 17.3. The topological polar surface area (TPSA) is 44.7 Å². The summed E-state index contributed by atoms with van der Waals surface area (Å²) in [6, 6.07) is 18.5. The summed E-state index contributed by atoms with van der Waals surface area (Å²) >= 11 is 1.74. The molecule has 0 aliphatic rings. The molecule has 2 aromatic carbocycles. The van der Waals surface area contributed by atoms with E-state index in [0.717, 1.165) is 18.1 Å². The molecule has 0 aliphatic carbocycles. The highest BCUT2D eigenvalue weighted by Gasteiger charge is 2.08. The van der Waals surface area contributed by atoms with Crippen LogP contribution in [0.4, 0.5) is 0 Å². The molecule has 0 bridgehead atoms. The minimum absolute atomic E-state index is 0.596. The van der Waals surface area contributed by atoms with Gasteiger partial charge in [-0.2, -0.15) is 0 Å². The predicted octanol–water partition coefficient (Wildman–Crippen LogP) is 3.36. The van der Waals surface area contributed by atoms with Gasteiger partial charge in [-0.3, -0.25) is 9.20 Å². The molecule has 26 heavy (non-hydrogen) atoms. The van der Waals surface area contributed by atoms with E-state index in [1.165, 1.54) is 10.5 Å². The number of rotatable bonds is 8. The Morgan fingerprint density at radius 2 is 1.81 bits per heavy atom. The summed E-state index contributed by atoms with van der Waals surface area (Å²) in [5, 5.41) is 3.31. The van der Waals surface area contributed by atoms with Crippen LogP contribution in [-0.2, 0) is 23.1 Å². The molecule has 0 radical (unpaired) electrons. The van der Waals surface area contributed by atoms with Crippen molar-refractivity contribution in [1.82, 2.24) is 10.2 Å². The normalized spacial score (nSPS) is 12.7. The summed E-state index contributed by atoms with van der Waals surface area (Å²) in [4.78, 5) is 7.67. The first-order valence-electron chi connectivity index (χ1n) is 8.56. The van der Waals surface area contributed by atoms with E-state index < -0.39 is 10.8 Å². The Labute approximate surface area is 163 Å². The molecule has 1 atom stereocenters. The molecule has 0 heterocycles. The summed E-state index contributed by atoms with van der Waals surface area (Å²) in [6.45, 7) is 1.42. The van der Waals surface area contributed by atoms with Crippen molar-refractivity contribution in [2.24, 2.45) is 4.99 Å². The molecule has 0 aliphatic heterocycles. The van der Waals surface area contributed by atoms with Crippen LogP contribution in [-0.4, -0.2) is 47.7 Å². The third-order valence-electron chi connectivity index (χ3n) is 3.94. The number of nitrogens with one attached hydrogen (secondary N) is 1. The average molecular weight is 390 g/mol. The van der Waals surface area contributed by atoms with E-state index in [-0.39, 0.29) is 0 Å². The molecule has 0 amide bonds. The largest absolute Gasteiger partial charge is 0.355 e. The van der Waals surface area contributed by atoms with E-state index in [2.05, 4.69) is 45.7 Å². The Morgan fingerprint density at radius 3 is 2.42 bits per heavy atom. The Bertz CT molecular complexity index is 718. The van der Waals surface area contributed by atoms with Gasteiger partial charge in [0.1, 0.15) is 0 Å². The molecule has 2 rings (SSSR count). The zero-order chi connectivity index (χ0) is 18.8. The lowest BCUT2D eigenvalue weighted by atomic mass is 10.2. The van der Waals surface area contributed by atoms with Gasteiger partial charge in [0.15, 0.2) is 5.96 Å². The number of guanidine groups is 1. The standard InChI is InChI=1S/C20H27N3OS2/c1-21-20(23(2)15-17-9-11-19(25-3)12-10-17)22-13-14-26(24)16-18-7-5-4-6-8-18/h4-12H,13-16H2,1-3H3,(H,21,22). The Balaban J connectivity index is 1.78. The first kappa shape index (κ1) is 20.5. The van der Waals surface area contributed by atoms with Crippen LogP contribution < -0.4 is 5.32 Å². The van der Waals surface area contributed by atoms with Gasteiger partial charge in [-0.25, -0.2) is 0 Å². The highest BCUT2D eigenvalue weighted by molar-refractivity contribution is 7.98. The van der Waals surface area contributed by atoms with E-state index in [0.29, 0.717) is 18.1 Å². The summed E-state index contributed by atoms with van der Waals surface area (Å²) in [5.41, 5.74) is 2.35. The lowest BCUT2D eigenvalue weighted by molar-refractivity contribution is 0.479. The van der Waals surface area contributed by atoms with Crippen molar-refractivity contribution in [1.29, 1.82) is 0 Å². The highest BCUT2D eigenvalue weighted by Crippen LogP contribution is 2.15. The molecule has 0 fully saturated rings. The van der Waals surface area contributed by atoms with E-state index in [1.54, 1.807) is 18.8 Å². The van der Waals surface area contributed by atoms with Gasteiger partial charge in [-0.1, -0.05) is 42.5 Å². The van der Waals surface area contributed by atoms with Crippen LogP contribution >= 0.6 is 11.8 Å². The van der Waals surface area contributed by atoms with Crippen LogP contribution in [0, 0.1) is 0 Å². The third kappa shape index (κ3) is 6.84. The van der Waals surface area contributed by atoms with Gasteiger partial charge >= 0.3 is 0 Å². The van der Waals surface area contributed by atoms with Crippen molar-refractivity contribution in [3.63, 3.8) is 0 Å². The molecule has 4 nitrogen and oxygen atoms in total. The SMILES string of the molecule is CN=C(NCCS(=O)Cc1ccccc1)N(C)Cc1ccc(SC)cc1. The average Bonchev–Trinajstić information content (AvgIpc) is 2.66. The van der Waals surface area contributed by atoms with Crippen molar-refractivity contribution in [3.8, 4) is 0 Å². The lowest BCUT2D eigenvalue weighted by Crippen LogP contribution is -2.40. The molecular weight excluding hydrogens is 362 g/mol. The predicted molar refractivity (Wildman–Crippen MR) is 114 cm³/mol. The van der Waals surface area contributed by atoms with E-state index >= 15 is 0 Å². The monoisotopic (exact) mass is 389 g/mol. The number of nitrogens with zero attached hydrogens (tertiary/aromatic N) is 2. The van der Waals surface area contributed by atoms with Gasteiger partial charge in [-0.15, -0.1) is 11.8 Å². The van der Waals surface area contributed by atoms with Gasteiger partial charge in [0, 0.05) is 54.4 Å². The number of benzene rings is 2. The van der Waals surface area contributed by atoms with Crippen LogP contribution in [0.1, 0.15) is 11.1 Å². The van der Waals surface area contributed by atoms with Crippen molar-refractivity contribution < 1.29 is 4.21 Å². The number of hydrogen-bond donors (Lipinski definition) is 1. The second-order valence-corrected chi connectivity index (χ2v) is 8.41. The zero-order valence-electron chi connectivity index (χ0n) is 15.6. The van der Waals surface area contributed by atoms with Crippen LogP contribution in [0.2, 0.25) is 0 Å². The molecule has 0 aromatic heterocycles. The smallest absolute Gasteiger partial charge is 0.193 e. The van der Waals surface area contributed by atoms with Crippen molar-refractivity contribution in [2.45, 2.75) is 17.2 Å². The Hall–Kier alpha value is -1.79. The number of thioether (sulfide) groups is 1. The van der Waals surface area contributed by atoms with Crippen molar-refractivity contribution >= 4 is 28.5 Å². The number of hydrogen-bond acceptors (Lipinski definition) is 3. The second kappa shape index (κ2) is 11.0. The van der Waals surface area contributed by atoms with Gasteiger partial charge < -0.3 is 10.2 Å². The first-order chi connectivity index (χ1) is 12.6. The fraction of sp³-hybridized carbons (Fsp3) is 0.350. The van der Waals surface area contributed by atoms with E-state index in [9.17, 15) is 4.21 Å². The molecular formula is C20H27N3OS2. The molecule has 140 valence electrons. The maximum Gasteiger partial charge on any atom is 0.193 e. The van der Waals surface area contributed by atoms with Crippen LogP contribution in [0.15, 0.2) is 64.5 Å². The molecule has 2 aromatic rings. The number of aliphatic imine (C=N–C) groups is 1. The minimum atomic E-state index is -0.883. The quantitative estimate of drug-likeness (QED) is 0.427. The minimum Gasteiger partial charge on any atom is -0.355 e. The summed E-state index contributed by atoms with van der Waals surface area (Å²) in [7, 11) is 2.90. The summed E-state index contributed by atoms with van der Waals surface area (Å²) in [5.74, 6) is 2.01. The first-order valence-corrected chi connectivity index (χ1v) is 11.3. The van der Waals surface area contributed by atoms with Gasteiger partial charge in [-0.05, 0) is 29.5 Å².